The van der Waals surface area contributed by atoms with E-state index in [0.29, 0.717) is 6.61 Å². The SMILES string of the molecule is Cc1csc(=O)n1CC(=O)N[C@H]1CCOc2ccccc21. The van der Waals surface area contributed by atoms with Crippen molar-refractivity contribution < 1.29 is 9.53 Å². The van der Waals surface area contributed by atoms with Gasteiger partial charge in [0.1, 0.15) is 12.3 Å². The molecule has 6 heteroatoms. The number of aromatic nitrogens is 1. The summed E-state index contributed by atoms with van der Waals surface area (Å²) >= 11 is 1.12. The molecule has 0 fully saturated rings. The molecule has 0 aliphatic carbocycles. The fraction of sp³-hybridized carbons (Fsp3) is 0.333. The van der Waals surface area contributed by atoms with Crippen LogP contribution in [0.1, 0.15) is 23.7 Å². The molecule has 0 radical (unpaired) electrons. The Morgan fingerprint density at radius 3 is 3.05 bits per heavy atom. The maximum Gasteiger partial charge on any atom is 0.307 e. The highest BCUT2D eigenvalue weighted by Crippen LogP contribution is 2.31. The monoisotopic (exact) mass is 304 g/mol. The number of thiazole rings is 1. The summed E-state index contributed by atoms with van der Waals surface area (Å²) in [7, 11) is 0. The van der Waals surface area contributed by atoms with Crippen molar-refractivity contribution in [1.29, 1.82) is 0 Å². The number of para-hydroxylation sites is 1. The molecule has 21 heavy (non-hydrogen) atoms. The Balaban J connectivity index is 1.73. The van der Waals surface area contributed by atoms with Crippen molar-refractivity contribution in [3.63, 3.8) is 0 Å². The Hall–Kier alpha value is -2.08. The Bertz CT molecular complexity index is 720. The van der Waals surface area contributed by atoms with E-state index in [0.717, 1.165) is 34.8 Å². The third-order valence-electron chi connectivity index (χ3n) is 3.57. The van der Waals surface area contributed by atoms with Gasteiger partial charge in [-0.1, -0.05) is 29.5 Å². The molecule has 110 valence electrons. The molecule has 0 spiro atoms. The second-order valence-corrected chi connectivity index (χ2v) is 5.84. The molecule has 5 nitrogen and oxygen atoms in total. The largest absolute Gasteiger partial charge is 0.493 e. The van der Waals surface area contributed by atoms with Crippen molar-refractivity contribution in [3.8, 4) is 5.75 Å². The summed E-state index contributed by atoms with van der Waals surface area (Å²) in [5.41, 5.74) is 1.80. The van der Waals surface area contributed by atoms with Gasteiger partial charge in [0, 0.05) is 23.1 Å². The lowest BCUT2D eigenvalue weighted by atomic mass is 10.0. The fourth-order valence-corrected chi connectivity index (χ4v) is 3.21. The molecular formula is C15H16N2O3S. The number of amides is 1. The first-order valence-electron chi connectivity index (χ1n) is 6.81. The highest BCUT2D eigenvalue weighted by Gasteiger charge is 2.22. The lowest BCUT2D eigenvalue weighted by molar-refractivity contribution is -0.122. The molecule has 3 rings (SSSR count). The quantitative estimate of drug-likeness (QED) is 0.941. The van der Waals surface area contributed by atoms with E-state index < -0.39 is 0 Å². The summed E-state index contributed by atoms with van der Waals surface area (Å²) in [5.74, 6) is 0.665. The maximum atomic E-state index is 12.2. The van der Waals surface area contributed by atoms with Crippen LogP contribution in [-0.4, -0.2) is 17.1 Å². The molecule has 0 saturated carbocycles. The van der Waals surface area contributed by atoms with Crippen LogP contribution in [0, 0.1) is 6.92 Å². The second kappa shape index (κ2) is 5.73. The van der Waals surface area contributed by atoms with E-state index in [4.69, 9.17) is 4.74 Å². The number of rotatable bonds is 3. The van der Waals surface area contributed by atoms with E-state index >= 15 is 0 Å². The van der Waals surface area contributed by atoms with Gasteiger partial charge in [0.2, 0.25) is 5.91 Å². The third kappa shape index (κ3) is 2.85. The number of carbonyl (C=O) groups excluding carboxylic acids is 1. The summed E-state index contributed by atoms with van der Waals surface area (Å²) in [4.78, 5) is 23.7. The number of nitrogens with zero attached hydrogens (tertiary/aromatic N) is 1. The first-order chi connectivity index (χ1) is 10.1. The zero-order valence-corrected chi connectivity index (χ0v) is 12.5. The fourth-order valence-electron chi connectivity index (χ4n) is 2.47. The van der Waals surface area contributed by atoms with E-state index in [1.54, 1.807) is 5.38 Å². The number of hydrogen-bond donors (Lipinski definition) is 1. The molecule has 1 atom stereocenters. The molecule has 1 aliphatic heterocycles. The van der Waals surface area contributed by atoms with Crippen LogP contribution in [0.5, 0.6) is 5.75 Å². The first-order valence-corrected chi connectivity index (χ1v) is 7.69. The summed E-state index contributed by atoms with van der Waals surface area (Å²) in [6.45, 7) is 2.47. The zero-order valence-electron chi connectivity index (χ0n) is 11.7. The molecule has 1 N–H and O–H groups in total. The minimum atomic E-state index is -0.152. The van der Waals surface area contributed by atoms with Crippen LogP contribution in [-0.2, 0) is 11.3 Å². The van der Waals surface area contributed by atoms with Gasteiger partial charge >= 0.3 is 4.87 Å². The molecule has 0 unspecified atom stereocenters. The molecular weight excluding hydrogens is 288 g/mol. The second-order valence-electron chi connectivity index (χ2n) is 5.02. The number of ether oxygens (including phenoxy) is 1. The molecule has 2 aromatic rings. The molecule has 1 aromatic carbocycles. The van der Waals surface area contributed by atoms with Crippen molar-refractivity contribution in [2.45, 2.75) is 25.9 Å². The number of nitrogens with one attached hydrogen (secondary N) is 1. The standard InChI is InChI=1S/C15H16N2O3S/c1-10-9-21-15(19)17(10)8-14(18)16-12-6-7-20-13-5-3-2-4-11(12)13/h2-5,9,12H,6-8H2,1H3,(H,16,18)/t12-/m0/s1. The molecule has 1 aliphatic rings. The van der Waals surface area contributed by atoms with Crippen molar-refractivity contribution in [3.05, 3.63) is 50.6 Å². The van der Waals surface area contributed by atoms with Crippen LogP contribution in [0.3, 0.4) is 0 Å². The van der Waals surface area contributed by atoms with Crippen LogP contribution in [0.2, 0.25) is 0 Å². The van der Waals surface area contributed by atoms with Crippen LogP contribution < -0.4 is 14.9 Å². The van der Waals surface area contributed by atoms with Gasteiger partial charge in [-0.15, -0.1) is 0 Å². The maximum absolute atomic E-state index is 12.2. The van der Waals surface area contributed by atoms with Gasteiger partial charge in [-0.2, -0.15) is 0 Å². The average Bonchev–Trinajstić information content (AvgIpc) is 2.79. The van der Waals surface area contributed by atoms with Crippen molar-refractivity contribution in [2.75, 3.05) is 6.61 Å². The van der Waals surface area contributed by atoms with E-state index in [2.05, 4.69) is 5.32 Å². The zero-order chi connectivity index (χ0) is 14.8. The smallest absolute Gasteiger partial charge is 0.307 e. The van der Waals surface area contributed by atoms with Crippen molar-refractivity contribution in [2.24, 2.45) is 0 Å². The van der Waals surface area contributed by atoms with Gasteiger partial charge in [-0.25, -0.2) is 0 Å². The Morgan fingerprint density at radius 2 is 2.29 bits per heavy atom. The van der Waals surface area contributed by atoms with Gasteiger partial charge < -0.3 is 10.1 Å². The lowest BCUT2D eigenvalue weighted by Gasteiger charge is -2.26. The Kier molecular flexibility index (Phi) is 3.79. The molecule has 0 bridgehead atoms. The highest BCUT2D eigenvalue weighted by atomic mass is 32.1. The number of aryl methyl sites for hydroxylation is 1. The minimum Gasteiger partial charge on any atom is -0.493 e. The normalized spacial score (nSPS) is 16.9. The van der Waals surface area contributed by atoms with Gasteiger partial charge in [0.15, 0.2) is 0 Å². The molecule has 0 saturated heterocycles. The van der Waals surface area contributed by atoms with E-state index in [1.165, 1.54) is 4.57 Å². The molecule has 2 heterocycles. The van der Waals surface area contributed by atoms with Gasteiger partial charge in [0.05, 0.1) is 12.6 Å². The first kappa shape index (κ1) is 13.9. The van der Waals surface area contributed by atoms with Crippen LogP contribution in [0.4, 0.5) is 0 Å². The number of fused-ring (bicyclic) bond motifs is 1. The van der Waals surface area contributed by atoms with Crippen LogP contribution in [0.25, 0.3) is 0 Å². The van der Waals surface area contributed by atoms with Gasteiger partial charge in [-0.3, -0.25) is 14.2 Å². The van der Waals surface area contributed by atoms with E-state index in [9.17, 15) is 9.59 Å². The number of benzene rings is 1. The minimum absolute atomic E-state index is 0.0582. The summed E-state index contributed by atoms with van der Waals surface area (Å²) in [6.07, 6.45) is 0.736. The number of hydrogen-bond acceptors (Lipinski definition) is 4. The lowest BCUT2D eigenvalue weighted by Crippen LogP contribution is -2.36. The van der Waals surface area contributed by atoms with E-state index in [1.807, 2.05) is 31.2 Å². The summed E-state index contributed by atoms with van der Waals surface area (Å²) < 4.78 is 7.07. The summed E-state index contributed by atoms with van der Waals surface area (Å²) in [6, 6.07) is 7.65. The molecule has 1 aromatic heterocycles. The average molecular weight is 304 g/mol. The Labute approximate surface area is 126 Å². The van der Waals surface area contributed by atoms with Crippen LogP contribution in [0.15, 0.2) is 34.4 Å². The van der Waals surface area contributed by atoms with E-state index in [-0.39, 0.29) is 23.4 Å². The van der Waals surface area contributed by atoms with Crippen molar-refractivity contribution in [1.82, 2.24) is 9.88 Å². The third-order valence-corrected chi connectivity index (χ3v) is 4.45. The molecule has 1 amide bonds. The predicted octanol–water partition coefficient (Wildman–Crippen LogP) is 1.86. The predicted molar refractivity (Wildman–Crippen MR) is 80.8 cm³/mol. The summed E-state index contributed by atoms with van der Waals surface area (Å²) in [5, 5.41) is 4.76. The van der Waals surface area contributed by atoms with Gasteiger partial charge in [0.25, 0.3) is 0 Å². The van der Waals surface area contributed by atoms with Gasteiger partial charge in [-0.05, 0) is 13.0 Å². The Morgan fingerprint density at radius 1 is 1.48 bits per heavy atom. The topological polar surface area (TPSA) is 60.3 Å². The van der Waals surface area contributed by atoms with Crippen molar-refractivity contribution >= 4 is 17.2 Å². The highest BCUT2D eigenvalue weighted by molar-refractivity contribution is 7.07. The number of carbonyl (C=O) groups is 1. The van der Waals surface area contributed by atoms with Crippen LogP contribution >= 0.6 is 11.3 Å².